The number of nitrogens with zero attached hydrogens (tertiary/aromatic N) is 1. The molecule has 1 aliphatic heterocycles. The maximum Gasteiger partial charge on any atom is 0.248 e. The van der Waals surface area contributed by atoms with Gasteiger partial charge in [-0.1, -0.05) is 13.8 Å². The summed E-state index contributed by atoms with van der Waals surface area (Å²) >= 11 is 0. The first kappa shape index (κ1) is 12.5. The Balaban J connectivity index is 2.44. The highest BCUT2D eigenvalue weighted by atomic mass is 16.5. The van der Waals surface area contributed by atoms with Crippen LogP contribution in [0.3, 0.4) is 0 Å². The summed E-state index contributed by atoms with van der Waals surface area (Å²) in [4.78, 5) is 13.7. The fourth-order valence-corrected chi connectivity index (χ4v) is 2.26. The lowest BCUT2D eigenvalue weighted by Crippen LogP contribution is -2.34. The maximum atomic E-state index is 11.7. The standard InChI is InChI=1S/C12H23NO2/c1-4-12(5-2)7-8-13(10-12)11(14)9-15-6-3/h4-10H2,1-3H3. The molecule has 0 unspecified atom stereocenters. The van der Waals surface area contributed by atoms with Crippen LogP contribution in [0.15, 0.2) is 0 Å². The summed E-state index contributed by atoms with van der Waals surface area (Å²) in [5, 5.41) is 0. The van der Waals surface area contributed by atoms with Gasteiger partial charge in [-0.25, -0.2) is 0 Å². The number of carbonyl (C=O) groups excluding carboxylic acids is 1. The molecule has 1 saturated heterocycles. The molecule has 88 valence electrons. The van der Waals surface area contributed by atoms with Gasteiger partial charge in [-0.3, -0.25) is 4.79 Å². The van der Waals surface area contributed by atoms with Crippen molar-refractivity contribution < 1.29 is 9.53 Å². The molecule has 0 aliphatic carbocycles. The molecule has 1 rings (SSSR count). The van der Waals surface area contributed by atoms with E-state index >= 15 is 0 Å². The van der Waals surface area contributed by atoms with Crippen LogP contribution in [0.2, 0.25) is 0 Å². The van der Waals surface area contributed by atoms with Crippen LogP contribution in [0.5, 0.6) is 0 Å². The van der Waals surface area contributed by atoms with Crippen molar-refractivity contribution in [2.45, 2.75) is 40.0 Å². The van der Waals surface area contributed by atoms with Crippen LogP contribution in [0.25, 0.3) is 0 Å². The van der Waals surface area contributed by atoms with E-state index in [2.05, 4.69) is 13.8 Å². The first-order chi connectivity index (χ1) is 7.17. The van der Waals surface area contributed by atoms with E-state index in [0.717, 1.165) is 19.5 Å². The first-order valence-corrected chi connectivity index (χ1v) is 6.03. The summed E-state index contributed by atoms with van der Waals surface area (Å²) in [5.41, 5.74) is 0.377. The summed E-state index contributed by atoms with van der Waals surface area (Å²) in [6.07, 6.45) is 3.49. The largest absolute Gasteiger partial charge is 0.372 e. The molecule has 3 heteroatoms. The minimum Gasteiger partial charge on any atom is -0.372 e. The number of carbonyl (C=O) groups is 1. The number of likely N-dealkylation sites (tertiary alicyclic amines) is 1. The van der Waals surface area contributed by atoms with Gasteiger partial charge in [0, 0.05) is 19.7 Å². The number of hydrogen-bond acceptors (Lipinski definition) is 2. The molecule has 1 amide bonds. The third-order valence-electron chi connectivity index (χ3n) is 3.72. The molecule has 0 aromatic rings. The fourth-order valence-electron chi connectivity index (χ4n) is 2.26. The molecule has 1 fully saturated rings. The Morgan fingerprint density at radius 1 is 1.33 bits per heavy atom. The predicted molar refractivity (Wildman–Crippen MR) is 60.7 cm³/mol. The Morgan fingerprint density at radius 2 is 2.00 bits per heavy atom. The second-order valence-electron chi connectivity index (χ2n) is 4.41. The van der Waals surface area contributed by atoms with Crippen LogP contribution in [0, 0.1) is 5.41 Å². The normalized spacial score (nSPS) is 19.5. The van der Waals surface area contributed by atoms with Crippen LogP contribution in [0.1, 0.15) is 40.0 Å². The average molecular weight is 213 g/mol. The quantitative estimate of drug-likeness (QED) is 0.699. The molecule has 0 aromatic heterocycles. The SMILES string of the molecule is CCOCC(=O)N1CCC(CC)(CC)C1. The Labute approximate surface area is 92.8 Å². The molecule has 0 N–H and O–H groups in total. The second-order valence-corrected chi connectivity index (χ2v) is 4.41. The first-order valence-electron chi connectivity index (χ1n) is 6.03. The highest BCUT2D eigenvalue weighted by molar-refractivity contribution is 5.77. The number of hydrogen-bond donors (Lipinski definition) is 0. The molecule has 0 atom stereocenters. The average Bonchev–Trinajstić information content (AvgIpc) is 2.71. The molecule has 15 heavy (non-hydrogen) atoms. The predicted octanol–water partition coefficient (Wildman–Crippen LogP) is 2.06. The zero-order chi connectivity index (χ0) is 11.3. The third kappa shape index (κ3) is 2.94. The summed E-state index contributed by atoms with van der Waals surface area (Å²) in [6.45, 7) is 9.06. The van der Waals surface area contributed by atoms with Crippen molar-refractivity contribution in [1.29, 1.82) is 0 Å². The van der Waals surface area contributed by atoms with E-state index in [0.29, 0.717) is 12.0 Å². The molecule has 1 heterocycles. The Bertz CT molecular complexity index is 212. The molecular weight excluding hydrogens is 190 g/mol. The van der Waals surface area contributed by atoms with E-state index in [1.54, 1.807) is 0 Å². The van der Waals surface area contributed by atoms with Crippen molar-refractivity contribution in [3.63, 3.8) is 0 Å². The van der Waals surface area contributed by atoms with Crippen molar-refractivity contribution in [2.24, 2.45) is 5.41 Å². The zero-order valence-electron chi connectivity index (χ0n) is 10.2. The van der Waals surface area contributed by atoms with E-state index in [9.17, 15) is 4.79 Å². The highest BCUT2D eigenvalue weighted by Gasteiger charge is 2.36. The zero-order valence-corrected chi connectivity index (χ0v) is 10.2. The molecule has 0 spiro atoms. The molecular formula is C12H23NO2. The van der Waals surface area contributed by atoms with Gasteiger partial charge in [0.1, 0.15) is 6.61 Å². The van der Waals surface area contributed by atoms with Gasteiger partial charge in [0.25, 0.3) is 0 Å². The minimum atomic E-state index is 0.153. The van der Waals surface area contributed by atoms with Crippen LogP contribution in [-0.4, -0.2) is 37.1 Å². The Morgan fingerprint density at radius 3 is 2.47 bits per heavy atom. The van der Waals surface area contributed by atoms with Gasteiger partial charge in [0.15, 0.2) is 0 Å². The lowest BCUT2D eigenvalue weighted by Gasteiger charge is -2.26. The lowest BCUT2D eigenvalue weighted by molar-refractivity contribution is -0.135. The second kappa shape index (κ2) is 5.50. The van der Waals surface area contributed by atoms with Crippen molar-refractivity contribution >= 4 is 5.91 Å². The van der Waals surface area contributed by atoms with Crippen molar-refractivity contribution in [3.8, 4) is 0 Å². The summed E-state index contributed by atoms with van der Waals surface area (Å²) < 4.78 is 5.15. The van der Waals surface area contributed by atoms with Crippen LogP contribution in [0.4, 0.5) is 0 Å². The van der Waals surface area contributed by atoms with E-state index in [4.69, 9.17) is 4.74 Å². The topological polar surface area (TPSA) is 29.5 Å². The Kier molecular flexibility index (Phi) is 4.58. The summed E-state index contributed by atoms with van der Waals surface area (Å²) in [7, 11) is 0. The number of ether oxygens (including phenoxy) is 1. The van der Waals surface area contributed by atoms with Crippen molar-refractivity contribution in [1.82, 2.24) is 4.90 Å². The molecule has 0 saturated carbocycles. The van der Waals surface area contributed by atoms with Crippen LogP contribution >= 0.6 is 0 Å². The van der Waals surface area contributed by atoms with E-state index in [1.165, 1.54) is 12.8 Å². The number of rotatable bonds is 5. The molecule has 1 aliphatic rings. The lowest BCUT2D eigenvalue weighted by atomic mass is 9.82. The van der Waals surface area contributed by atoms with Gasteiger partial charge in [-0.15, -0.1) is 0 Å². The smallest absolute Gasteiger partial charge is 0.248 e. The van der Waals surface area contributed by atoms with Gasteiger partial charge in [0.05, 0.1) is 0 Å². The van der Waals surface area contributed by atoms with Crippen LogP contribution in [-0.2, 0) is 9.53 Å². The van der Waals surface area contributed by atoms with Gasteiger partial charge in [-0.05, 0) is 31.6 Å². The fraction of sp³-hybridized carbons (Fsp3) is 0.917. The molecule has 3 nitrogen and oxygen atoms in total. The van der Waals surface area contributed by atoms with Gasteiger partial charge >= 0.3 is 0 Å². The Hall–Kier alpha value is -0.570. The van der Waals surface area contributed by atoms with E-state index in [-0.39, 0.29) is 12.5 Å². The summed E-state index contributed by atoms with van der Waals surface area (Å²) in [6, 6.07) is 0. The third-order valence-corrected chi connectivity index (χ3v) is 3.72. The van der Waals surface area contributed by atoms with Gasteiger partial charge < -0.3 is 9.64 Å². The molecule has 0 radical (unpaired) electrons. The summed E-state index contributed by atoms with van der Waals surface area (Å²) in [5.74, 6) is 0.153. The molecule has 0 bridgehead atoms. The van der Waals surface area contributed by atoms with E-state index in [1.807, 2.05) is 11.8 Å². The highest BCUT2D eigenvalue weighted by Crippen LogP contribution is 2.36. The molecule has 0 aromatic carbocycles. The van der Waals surface area contributed by atoms with Crippen molar-refractivity contribution in [2.75, 3.05) is 26.3 Å². The number of amides is 1. The minimum absolute atomic E-state index is 0.153. The maximum absolute atomic E-state index is 11.7. The van der Waals surface area contributed by atoms with Gasteiger partial charge in [-0.2, -0.15) is 0 Å². The van der Waals surface area contributed by atoms with Crippen LogP contribution < -0.4 is 0 Å². The van der Waals surface area contributed by atoms with E-state index < -0.39 is 0 Å². The van der Waals surface area contributed by atoms with Crippen molar-refractivity contribution in [3.05, 3.63) is 0 Å². The van der Waals surface area contributed by atoms with Gasteiger partial charge in [0.2, 0.25) is 5.91 Å². The monoisotopic (exact) mass is 213 g/mol.